The molecule has 0 saturated carbocycles. The van der Waals surface area contributed by atoms with Gasteiger partial charge in [0, 0.05) is 19.5 Å². The van der Waals surface area contributed by atoms with Crippen molar-refractivity contribution in [3.05, 3.63) is 29.8 Å². The third-order valence-electron chi connectivity index (χ3n) is 12.2. The Morgan fingerprint density at radius 3 is 1.80 bits per heavy atom. The number of nitrogens with two attached hydrogens (primary N) is 5. The van der Waals surface area contributed by atoms with Crippen molar-refractivity contribution in [3.63, 3.8) is 0 Å². The molecule has 1 aromatic carbocycles. The molecule has 2 rings (SSSR count). The first-order chi connectivity index (χ1) is 35.9. The summed E-state index contributed by atoms with van der Waals surface area (Å²) in [5.74, 6) is -13.3. The lowest BCUT2D eigenvalue weighted by molar-refractivity contribution is -0.146. The predicted octanol–water partition coefficient (Wildman–Crippen LogP) is -6.71. The summed E-state index contributed by atoms with van der Waals surface area (Å²) in [6.07, 6.45) is -0.907. The number of nitrogens with zero attached hydrogens (tertiary/aromatic N) is 2. The lowest BCUT2D eigenvalue weighted by Crippen LogP contribution is -2.62. The quantitative estimate of drug-likeness (QED) is 0.0173. The monoisotopic (exact) mass is 1080 g/mol. The summed E-state index contributed by atoms with van der Waals surface area (Å²) < 4.78 is 0. The molecule has 22 N–H and O–H groups in total. The highest BCUT2D eigenvalue weighted by molar-refractivity contribution is 5.99. The van der Waals surface area contributed by atoms with Crippen LogP contribution >= 0.6 is 0 Å². The van der Waals surface area contributed by atoms with Crippen molar-refractivity contribution in [1.29, 1.82) is 0 Å². The topological polar surface area (TPSA) is 519 Å². The number of benzene rings is 1. The first kappa shape index (κ1) is 64.4. The number of hydrogen-bond acceptors (Lipinski definition) is 17. The van der Waals surface area contributed by atoms with Gasteiger partial charge in [0.05, 0.1) is 26.1 Å². The molecule has 30 heteroatoms. The fourth-order valence-electron chi connectivity index (χ4n) is 7.75. The Kier molecular flexibility index (Phi) is 27.6. The largest absolute Gasteiger partial charge is 0.508 e. The van der Waals surface area contributed by atoms with Crippen LogP contribution in [0.1, 0.15) is 83.6 Å². The van der Waals surface area contributed by atoms with Crippen LogP contribution in [0.3, 0.4) is 0 Å². The zero-order valence-corrected chi connectivity index (χ0v) is 42.4. The molecule has 0 radical (unpaired) electrons. The number of hydrogen-bond donors (Lipinski definition) is 17. The Morgan fingerprint density at radius 1 is 0.684 bits per heavy atom. The number of aliphatic hydroxyl groups excluding tert-OH is 2. The molecular weight excluding hydrogens is 1000 g/mol. The lowest BCUT2D eigenvalue weighted by Gasteiger charge is -2.32. The summed E-state index contributed by atoms with van der Waals surface area (Å²) in [6, 6.07) is -8.62. The minimum atomic E-state index is -1.86. The van der Waals surface area contributed by atoms with Crippen molar-refractivity contribution in [2.75, 3.05) is 32.8 Å². The van der Waals surface area contributed by atoms with E-state index >= 15 is 0 Å². The average molecular weight is 1080 g/mol. The van der Waals surface area contributed by atoms with Crippen LogP contribution in [0.15, 0.2) is 29.3 Å². The minimum absolute atomic E-state index is 0.0157. The molecule has 1 heterocycles. The van der Waals surface area contributed by atoms with Crippen molar-refractivity contribution in [3.8, 4) is 5.75 Å². The first-order valence-electron chi connectivity index (χ1n) is 24.5. The second-order valence-corrected chi connectivity index (χ2v) is 18.1. The van der Waals surface area contributed by atoms with Gasteiger partial charge in [0.1, 0.15) is 60.1 Å². The Balaban J connectivity index is 2.41. The van der Waals surface area contributed by atoms with Crippen molar-refractivity contribution in [1.82, 2.24) is 42.1 Å². The fraction of sp³-hybridized carbons (Fsp3) is 0.609. The van der Waals surface area contributed by atoms with Crippen LogP contribution in [0.5, 0.6) is 5.75 Å². The molecule has 0 spiro atoms. The molecule has 0 unspecified atom stereocenters. The van der Waals surface area contributed by atoms with Crippen LogP contribution in [-0.2, 0) is 59.2 Å². The number of phenolic OH excluding ortho intramolecular Hbond substituents is 1. The Morgan fingerprint density at radius 2 is 1.24 bits per heavy atom. The molecule has 9 amide bonds. The van der Waals surface area contributed by atoms with Gasteiger partial charge in [-0.3, -0.25) is 52.9 Å². The number of carbonyl (C=O) groups excluding carboxylic acids is 9. The minimum Gasteiger partial charge on any atom is -0.508 e. The van der Waals surface area contributed by atoms with E-state index in [0.29, 0.717) is 18.4 Å². The molecule has 0 bridgehead atoms. The van der Waals surface area contributed by atoms with Crippen LogP contribution in [0, 0.1) is 5.92 Å². The SMILES string of the molecule is CC[C@H](C)[C@H](NC(=O)[C@@H]1CCCN1C(=O)[C@H](CC(=O)O)NC(=O)[C@H](CCCN=C(N)N)NC(=O)[C@@H](N)CO)C(=O)N[C@@H](Cc1ccc(O)cc1)C(=O)N[C@@H](CO)C(=O)N[C@@H](CC(N)=O)C(=O)N[C@@H](CCCCN)C(=O)O. The second-order valence-electron chi connectivity index (χ2n) is 18.1. The lowest BCUT2D eigenvalue weighted by atomic mass is 9.96. The maximum absolute atomic E-state index is 14.3. The van der Waals surface area contributed by atoms with Gasteiger partial charge in [-0.25, -0.2) is 4.79 Å². The smallest absolute Gasteiger partial charge is 0.326 e. The van der Waals surface area contributed by atoms with E-state index in [1.54, 1.807) is 13.8 Å². The number of rotatable bonds is 34. The third kappa shape index (κ3) is 21.6. The van der Waals surface area contributed by atoms with Crippen molar-refractivity contribution in [2.45, 2.75) is 139 Å². The normalized spacial score (nSPS) is 16.6. The molecule has 1 aliphatic heterocycles. The summed E-state index contributed by atoms with van der Waals surface area (Å²) in [4.78, 5) is 150. The molecule has 1 aromatic rings. The molecule has 10 atom stereocenters. The number of primary amides is 1. The van der Waals surface area contributed by atoms with Crippen molar-refractivity contribution >= 4 is 71.1 Å². The van der Waals surface area contributed by atoms with E-state index in [-0.39, 0.29) is 76.3 Å². The van der Waals surface area contributed by atoms with E-state index in [0.717, 1.165) is 4.90 Å². The zero-order valence-electron chi connectivity index (χ0n) is 42.4. The van der Waals surface area contributed by atoms with Crippen LogP contribution in [0.2, 0.25) is 0 Å². The fourth-order valence-corrected chi connectivity index (χ4v) is 7.75. The highest BCUT2D eigenvalue weighted by Crippen LogP contribution is 2.21. The van der Waals surface area contributed by atoms with E-state index in [4.69, 9.17) is 28.7 Å². The van der Waals surface area contributed by atoms with E-state index < -0.39 is 151 Å². The summed E-state index contributed by atoms with van der Waals surface area (Å²) >= 11 is 0. The van der Waals surface area contributed by atoms with Gasteiger partial charge < -0.3 is 96.3 Å². The van der Waals surface area contributed by atoms with Gasteiger partial charge >= 0.3 is 11.9 Å². The highest BCUT2D eigenvalue weighted by atomic mass is 16.4. The molecule has 30 nitrogen and oxygen atoms in total. The number of aromatic hydroxyl groups is 1. The number of aliphatic carboxylic acids is 2. The number of phenols is 1. The van der Waals surface area contributed by atoms with Crippen molar-refractivity contribution in [2.24, 2.45) is 39.6 Å². The summed E-state index contributed by atoms with van der Waals surface area (Å²) in [5, 5.41) is 65.6. The standard InChI is InChI=1S/C46H74N14O16/c1-3-23(2)36(59-42(72)33-10-7-17-60(33)44(74)31(20-35(65)66)57-38(68)27(9-6-16-52-46(50)51)53-37(67)26(48)21-61)43(73)56-29(18-24-11-13-25(63)14-12-24)39(69)58-32(22-62)41(71)55-30(19-34(49)64)40(70)54-28(45(75)76)8-4-5-15-47/h11-14,23,26-33,36,61-63H,3-10,15-22,47-48H2,1-2H3,(H2,49,64)(H,53,67)(H,54,70)(H,55,71)(H,56,73)(H,57,68)(H,58,69)(H,59,72)(H,65,66)(H,75,76)(H4,50,51,52)/t23-,26-,27-,28-,29-,30-,31-,32-,33-,36-/m0/s1. The van der Waals surface area contributed by atoms with Crippen LogP contribution in [0.4, 0.5) is 0 Å². The predicted molar refractivity (Wildman–Crippen MR) is 268 cm³/mol. The number of unbranched alkanes of at least 4 members (excludes halogenated alkanes) is 1. The number of carboxylic acid groups (broad SMARTS) is 2. The number of carbonyl (C=O) groups is 11. The highest BCUT2D eigenvalue weighted by Gasteiger charge is 2.41. The maximum Gasteiger partial charge on any atom is 0.326 e. The van der Waals surface area contributed by atoms with E-state index in [9.17, 15) is 78.3 Å². The van der Waals surface area contributed by atoms with Crippen LogP contribution < -0.4 is 65.9 Å². The molecule has 424 valence electrons. The molecule has 76 heavy (non-hydrogen) atoms. The number of nitrogens with one attached hydrogen (secondary N) is 7. The number of carboxylic acids is 2. The number of amides is 9. The summed E-state index contributed by atoms with van der Waals surface area (Å²) in [7, 11) is 0. The van der Waals surface area contributed by atoms with Crippen LogP contribution in [-0.4, -0.2) is 189 Å². The van der Waals surface area contributed by atoms with Gasteiger partial charge in [0.25, 0.3) is 0 Å². The third-order valence-corrected chi connectivity index (χ3v) is 12.2. The molecule has 1 fully saturated rings. The van der Waals surface area contributed by atoms with Gasteiger partial charge in [-0.2, -0.15) is 0 Å². The van der Waals surface area contributed by atoms with Crippen LogP contribution in [0.25, 0.3) is 0 Å². The Labute approximate surface area is 437 Å². The first-order valence-corrected chi connectivity index (χ1v) is 24.5. The number of guanidine groups is 1. The van der Waals surface area contributed by atoms with E-state index in [1.807, 2.05) is 0 Å². The Bertz CT molecular complexity index is 2220. The molecule has 0 aromatic heterocycles. The molecular formula is C46H74N14O16. The van der Waals surface area contributed by atoms with Gasteiger partial charge in [0.15, 0.2) is 5.96 Å². The number of aliphatic hydroxyl groups is 2. The molecule has 1 aliphatic rings. The zero-order chi connectivity index (χ0) is 57.2. The molecule has 1 saturated heterocycles. The average Bonchev–Trinajstić information content (AvgIpc) is 3.87. The van der Waals surface area contributed by atoms with Crippen molar-refractivity contribution < 1.29 is 78.3 Å². The number of likely N-dealkylation sites (tertiary alicyclic amines) is 1. The van der Waals surface area contributed by atoms with Gasteiger partial charge in [-0.1, -0.05) is 32.4 Å². The second kappa shape index (κ2) is 32.6. The summed E-state index contributed by atoms with van der Waals surface area (Å²) in [5.41, 5.74) is 27.5. The number of aliphatic imine (C=N–C) groups is 1. The molecule has 0 aliphatic carbocycles. The van der Waals surface area contributed by atoms with Gasteiger partial charge in [-0.15, -0.1) is 0 Å². The van der Waals surface area contributed by atoms with Gasteiger partial charge in [0.2, 0.25) is 53.2 Å². The van der Waals surface area contributed by atoms with Gasteiger partial charge in [-0.05, 0) is 75.1 Å². The Hall–Kier alpha value is -7.70. The van der Waals surface area contributed by atoms with E-state index in [1.165, 1.54) is 24.3 Å². The van der Waals surface area contributed by atoms with E-state index in [2.05, 4.69) is 42.2 Å². The maximum atomic E-state index is 14.3. The summed E-state index contributed by atoms with van der Waals surface area (Å²) in [6.45, 7) is 1.58.